The number of rotatable bonds is 3. The molecule has 2 atom stereocenters. The molecule has 1 heterocycles. The molecule has 0 saturated carbocycles. The third-order valence-corrected chi connectivity index (χ3v) is 4.72. The van der Waals surface area contributed by atoms with Gasteiger partial charge in [0.2, 0.25) is 11.8 Å². The number of carbonyl (C=O) groups excluding carboxylic acids is 2. The zero-order valence-electron chi connectivity index (χ0n) is 12.7. The topological polar surface area (TPSA) is 49.4 Å². The first-order valence-electron chi connectivity index (χ1n) is 7.74. The molecule has 2 amide bonds. The van der Waals surface area contributed by atoms with Crippen LogP contribution in [0.25, 0.3) is 0 Å². The van der Waals surface area contributed by atoms with Crippen molar-refractivity contribution in [2.24, 2.45) is 0 Å². The normalized spacial score (nSPS) is 23.3. The molecule has 1 aromatic carbocycles. The van der Waals surface area contributed by atoms with Gasteiger partial charge in [0.15, 0.2) is 0 Å². The van der Waals surface area contributed by atoms with E-state index >= 15 is 0 Å². The third-order valence-electron chi connectivity index (χ3n) is 4.72. The molecule has 112 valence electrons. The van der Waals surface area contributed by atoms with Crippen LogP contribution in [0.1, 0.15) is 48.9 Å². The van der Waals surface area contributed by atoms with E-state index in [1.165, 1.54) is 34.4 Å². The number of piperidine rings is 1. The van der Waals surface area contributed by atoms with Crippen molar-refractivity contribution in [2.75, 3.05) is 7.05 Å². The van der Waals surface area contributed by atoms with E-state index in [4.69, 9.17) is 0 Å². The predicted octanol–water partition coefficient (Wildman–Crippen LogP) is 1.97. The lowest BCUT2D eigenvalue weighted by Gasteiger charge is -2.30. The van der Waals surface area contributed by atoms with Gasteiger partial charge in [0.1, 0.15) is 0 Å². The van der Waals surface area contributed by atoms with Gasteiger partial charge in [0.25, 0.3) is 0 Å². The molecule has 1 aliphatic heterocycles. The zero-order valence-corrected chi connectivity index (χ0v) is 12.7. The first-order chi connectivity index (χ1) is 10.1. The summed E-state index contributed by atoms with van der Waals surface area (Å²) in [5.41, 5.74) is 4.14. The van der Waals surface area contributed by atoms with E-state index < -0.39 is 0 Å². The molecule has 1 aromatic rings. The van der Waals surface area contributed by atoms with Crippen LogP contribution in [0.15, 0.2) is 18.2 Å². The summed E-state index contributed by atoms with van der Waals surface area (Å²) in [4.78, 5) is 24.9. The van der Waals surface area contributed by atoms with Crippen molar-refractivity contribution in [3.8, 4) is 0 Å². The largest absolute Gasteiger partial charge is 0.299 e. The minimum Gasteiger partial charge on any atom is -0.299 e. The Kier molecular flexibility index (Phi) is 3.81. The molecule has 0 aromatic heterocycles. The van der Waals surface area contributed by atoms with Gasteiger partial charge in [0.05, 0.1) is 6.04 Å². The van der Waals surface area contributed by atoms with Crippen LogP contribution in [0.5, 0.6) is 0 Å². The van der Waals surface area contributed by atoms with E-state index in [1.54, 1.807) is 7.05 Å². The lowest BCUT2D eigenvalue weighted by atomic mass is 9.99. The molecule has 3 rings (SSSR count). The number of imide groups is 1. The highest BCUT2D eigenvalue weighted by atomic mass is 16.2. The van der Waals surface area contributed by atoms with Crippen molar-refractivity contribution in [3.63, 3.8) is 0 Å². The molecule has 4 heteroatoms. The molecular weight excluding hydrogens is 264 g/mol. The highest BCUT2D eigenvalue weighted by Crippen LogP contribution is 2.26. The van der Waals surface area contributed by atoms with Crippen LogP contribution in [0.4, 0.5) is 0 Å². The average Bonchev–Trinajstić information content (AvgIpc) is 2.95. The number of carbonyl (C=O) groups is 2. The summed E-state index contributed by atoms with van der Waals surface area (Å²) in [5.74, 6) is -0.192. The monoisotopic (exact) mass is 286 g/mol. The Morgan fingerprint density at radius 1 is 1.19 bits per heavy atom. The standard InChI is InChI=1S/C17H22N2O2/c1-11(13-7-6-12-4-3-5-14(12)10-13)18-15-8-9-16(20)19(2)17(15)21/h6-7,10-11,15,18H,3-5,8-9H2,1-2H3. The maximum absolute atomic E-state index is 12.1. The van der Waals surface area contributed by atoms with Gasteiger partial charge >= 0.3 is 0 Å². The SMILES string of the molecule is CC(NC1CCC(=O)N(C)C1=O)c1ccc2c(c1)CCC2. The molecular formula is C17H22N2O2. The number of fused-ring (bicyclic) bond motifs is 1. The summed E-state index contributed by atoms with van der Waals surface area (Å²) >= 11 is 0. The van der Waals surface area contributed by atoms with E-state index in [9.17, 15) is 9.59 Å². The highest BCUT2D eigenvalue weighted by molar-refractivity contribution is 6.00. The van der Waals surface area contributed by atoms with Gasteiger partial charge in [-0.3, -0.25) is 19.8 Å². The number of nitrogens with one attached hydrogen (secondary N) is 1. The maximum atomic E-state index is 12.1. The Labute approximate surface area is 125 Å². The maximum Gasteiger partial charge on any atom is 0.246 e. The fraction of sp³-hybridized carbons (Fsp3) is 0.529. The lowest BCUT2D eigenvalue weighted by molar-refractivity contribution is -0.148. The number of amides is 2. The number of likely N-dealkylation sites (tertiary alicyclic amines) is 1. The quantitative estimate of drug-likeness (QED) is 0.864. The van der Waals surface area contributed by atoms with Crippen LogP contribution in [0.2, 0.25) is 0 Å². The molecule has 0 bridgehead atoms. The van der Waals surface area contributed by atoms with E-state index in [-0.39, 0.29) is 23.9 Å². The van der Waals surface area contributed by atoms with Gasteiger partial charge in [-0.1, -0.05) is 18.2 Å². The summed E-state index contributed by atoms with van der Waals surface area (Å²) in [6.07, 6.45) is 4.63. The second kappa shape index (κ2) is 5.60. The van der Waals surface area contributed by atoms with Crippen molar-refractivity contribution in [2.45, 2.75) is 51.1 Å². The molecule has 1 N–H and O–H groups in total. The molecule has 1 saturated heterocycles. The summed E-state index contributed by atoms with van der Waals surface area (Å²) in [6, 6.07) is 6.50. The number of aryl methyl sites for hydroxylation is 2. The fourth-order valence-corrected chi connectivity index (χ4v) is 3.33. The lowest BCUT2D eigenvalue weighted by Crippen LogP contribution is -2.51. The summed E-state index contributed by atoms with van der Waals surface area (Å²) in [6.45, 7) is 2.08. The van der Waals surface area contributed by atoms with E-state index in [1.807, 2.05) is 0 Å². The van der Waals surface area contributed by atoms with Crippen LogP contribution in [-0.4, -0.2) is 29.8 Å². The predicted molar refractivity (Wildman–Crippen MR) is 80.8 cm³/mol. The zero-order chi connectivity index (χ0) is 15.0. The Morgan fingerprint density at radius 3 is 2.76 bits per heavy atom. The summed E-state index contributed by atoms with van der Waals surface area (Å²) < 4.78 is 0. The van der Waals surface area contributed by atoms with E-state index in [2.05, 4.69) is 30.4 Å². The molecule has 21 heavy (non-hydrogen) atoms. The van der Waals surface area contributed by atoms with Crippen LogP contribution >= 0.6 is 0 Å². The van der Waals surface area contributed by atoms with Gasteiger partial charge in [-0.25, -0.2) is 0 Å². The van der Waals surface area contributed by atoms with Gasteiger partial charge in [-0.2, -0.15) is 0 Å². The molecule has 0 spiro atoms. The summed E-state index contributed by atoms with van der Waals surface area (Å²) in [7, 11) is 1.57. The minimum absolute atomic E-state index is 0.0803. The van der Waals surface area contributed by atoms with Gasteiger partial charge < -0.3 is 0 Å². The van der Waals surface area contributed by atoms with Crippen LogP contribution in [-0.2, 0) is 22.4 Å². The molecule has 2 aliphatic rings. The Balaban J connectivity index is 1.70. The number of likely N-dealkylation sites (N-methyl/N-ethyl adjacent to an activating group) is 1. The Bertz CT molecular complexity index is 582. The molecule has 0 radical (unpaired) electrons. The number of benzene rings is 1. The second-order valence-corrected chi connectivity index (χ2v) is 6.15. The third kappa shape index (κ3) is 2.72. The van der Waals surface area contributed by atoms with Crippen molar-refractivity contribution < 1.29 is 9.59 Å². The van der Waals surface area contributed by atoms with Crippen molar-refractivity contribution in [1.29, 1.82) is 0 Å². The Morgan fingerprint density at radius 2 is 1.95 bits per heavy atom. The number of hydrogen-bond acceptors (Lipinski definition) is 3. The first kappa shape index (κ1) is 14.3. The average molecular weight is 286 g/mol. The van der Waals surface area contributed by atoms with Crippen molar-refractivity contribution in [3.05, 3.63) is 34.9 Å². The van der Waals surface area contributed by atoms with Crippen LogP contribution in [0.3, 0.4) is 0 Å². The van der Waals surface area contributed by atoms with E-state index in [0.717, 1.165) is 6.42 Å². The number of hydrogen-bond donors (Lipinski definition) is 1. The van der Waals surface area contributed by atoms with Gasteiger partial charge in [-0.15, -0.1) is 0 Å². The van der Waals surface area contributed by atoms with Gasteiger partial charge in [0, 0.05) is 19.5 Å². The summed E-state index contributed by atoms with van der Waals surface area (Å²) in [5, 5.41) is 3.38. The first-order valence-corrected chi connectivity index (χ1v) is 7.74. The molecule has 1 fully saturated rings. The van der Waals surface area contributed by atoms with Gasteiger partial charge in [-0.05, 0) is 49.3 Å². The number of nitrogens with zero attached hydrogens (tertiary/aromatic N) is 1. The second-order valence-electron chi connectivity index (χ2n) is 6.15. The van der Waals surface area contributed by atoms with Crippen molar-refractivity contribution in [1.82, 2.24) is 10.2 Å². The molecule has 1 aliphatic carbocycles. The molecule has 2 unspecified atom stereocenters. The fourth-order valence-electron chi connectivity index (χ4n) is 3.33. The highest BCUT2D eigenvalue weighted by Gasteiger charge is 2.32. The van der Waals surface area contributed by atoms with E-state index in [0.29, 0.717) is 12.8 Å². The smallest absolute Gasteiger partial charge is 0.246 e. The minimum atomic E-state index is -0.254. The van der Waals surface area contributed by atoms with Crippen molar-refractivity contribution >= 4 is 11.8 Å². The van der Waals surface area contributed by atoms with Crippen LogP contribution < -0.4 is 5.32 Å². The van der Waals surface area contributed by atoms with Crippen LogP contribution in [0, 0.1) is 0 Å². The molecule has 4 nitrogen and oxygen atoms in total. The Hall–Kier alpha value is -1.68.